The van der Waals surface area contributed by atoms with Crippen molar-refractivity contribution in [1.82, 2.24) is 14.8 Å². The van der Waals surface area contributed by atoms with Crippen LogP contribution < -0.4 is 0 Å². The Bertz CT molecular complexity index is 898. The van der Waals surface area contributed by atoms with Gasteiger partial charge in [0.15, 0.2) is 4.47 Å². The van der Waals surface area contributed by atoms with Crippen molar-refractivity contribution in [2.24, 2.45) is 4.99 Å². The Morgan fingerprint density at radius 2 is 2.31 bits per heavy atom. The number of amides is 1. The number of hydrogen-bond donors (Lipinski definition) is 1. The lowest BCUT2D eigenvalue weighted by atomic mass is 10.1. The first kappa shape index (κ1) is 19.1. The predicted octanol–water partition coefficient (Wildman–Crippen LogP) is 3.80. The molecule has 0 saturated carbocycles. The molecule has 1 aromatic carbocycles. The predicted molar refractivity (Wildman–Crippen MR) is 112 cm³/mol. The molecule has 1 unspecified atom stereocenters. The molecule has 2 aromatic rings. The van der Waals surface area contributed by atoms with Crippen molar-refractivity contribution in [3.8, 4) is 0 Å². The van der Waals surface area contributed by atoms with E-state index in [2.05, 4.69) is 32.6 Å². The average molecular weight is 503 g/mol. The summed E-state index contributed by atoms with van der Waals surface area (Å²) < 4.78 is 1.40. The number of guanidine groups is 1. The number of rotatable bonds is 3. The lowest BCUT2D eigenvalue weighted by Crippen LogP contribution is -2.38. The topological polar surface area (TPSA) is 69.0 Å². The monoisotopic (exact) mass is 502 g/mol. The van der Waals surface area contributed by atoms with E-state index in [1.54, 1.807) is 24.2 Å². The maximum absolute atomic E-state index is 13.3. The van der Waals surface area contributed by atoms with Crippen molar-refractivity contribution in [2.75, 3.05) is 20.6 Å². The van der Waals surface area contributed by atoms with Gasteiger partial charge in [-0.3, -0.25) is 14.7 Å². The minimum absolute atomic E-state index is 0.209. The number of aliphatic hydroxyl groups is 1. The van der Waals surface area contributed by atoms with E-state index in [4.69, 9.17) is 11.6 Å². The standard InChI is InChI=1S/C17H16ClIN4O2S/c1-20-17-22(2)8-13(14-7-21-16(18)26-14)23(17)15(25)12(9-24)10-4-3-5-11(19)6-10/h3-7,9,13,24H,8H2,1-2H3. The summed E-state index contributed by atoms with van der Waals surface area (Å²) >= 11 is 9.49. The third-order valence-electron chi connectivity index (χ3n) is 4.05. The van der Waals surface area contributed by atoms with E-state index < -0.39 is 0 Å². The zero-order valence-corrected chi connectivity index (χ0v) is 17.8. The molecule has 1 aliphatic rings. The highest BCUT2D eigenvalue weighted by Gasteiger charge is 2.40. The van der Waals surface area contributed by atoms with Crippen molar-refractivity contribution in [3.05, 3.63) is 55.2 Å². The summed E-state index contributed by atoms with van der Waals surface area (Å²) in [5, 5.41) is 9.79. The number of aromatic nitrogens is 1. The van der Waals surface area contributed by atoms with Crippen LogP contribution in [-0.2, 0) is 4.79 Å². The van der Waals surface area contributed by atoms with Crippen LogP contribution in [0, 0.1) is 3.57 Å². The molecule has 0 spiro atoms. The minimum atomic E-state index is -0.325. The van der Waals surface area contributed by atoms with Gasteiger partial charge in [0.25, 0.3) is 5.91 Å². The largest absolute Gasteiger partial charge is 0.515 e. The number of carbonyl (C=O) groups is 1. The molecule has 1 aliphatic heterocycles. The van der Waals surface area contributed by atoms with E-state index in [0.717, 1.165) is 14.7 Å². The molecule has 1 amide bonds. The summed E-state index contributed by atoms with van der Waals surface area (Å²) in [6.45, 7) is 0.571. The van der Waals surface area contributed by atoms with Gasteiger partial charge in [-0.2, -0.15) is 0 Å². The number of aliphatic hydroxyl groups excluding tert-OH is 1. The number of nitrogens with zero attached hydrogens (tertiary/aromatic N) is 4. The van der Waals surface area contributed by atoms with Crippen LogP contribution in [0.1, 0.15) is 16.5 Å². The van der Waals surface area contributed by atoms with Gasteiger partial charge in [-0.05, 0) is 40.3 Å². The zero-order valence-electron chi connectivity index (χ0n) is 14.1. The second kappa shape index (κ2) is 7.93. The first-order valence-electron chi connectivity index (χ1n) is 7.69. The molecule has 0 radical (unpaired) electrons. The van der Waals surface area contributed by atoms with E-state index in [9.17, 15) is 9.90 Å². The number of carbonyl (C=O) groups excluding carboxylic acids is 1. The lowest BCUT2D eigenvalue weighted by Gasteiger charge is -2.24. The second-order valence-electron chi connectivity index (χ2n) is 5.66. The van der Waals surface area contributed by atoms with E-state index in [-0.39, 0.29) is 17.5 Å². The third kappa shape index (κ3) is 3.58. The molecule has 1 aromatic heterocycles. The molecule has 136 valence electrons. The fraction of sp³-hybridized carbons (Fsp3) is 0.235. The highest BCUT2D eigenvalue weighted by Crippen LogP contribution is 2.35. The molecule has 3 rings (SSSR count). The lowest BCUT2D eigenvalue weighted by molar-refractivity contribution is -0.122. The van der Waals surface area contributed by atoms with Crippen LogP contribution >= 0.6 is 45.5 Å². The molecule has 0 bridgehead atoms. The quantitative estimate of drug-likeness (QED) is 0.394. The zero-order chi connectivity index (χ0) is 18.8. The normalized spacial score (nSPS) is 19.5. The fourth-order valence-electron chi connectivity index (χ4n) is 2.93. The number of aliphatic imine (C=N–C) groups is 1. The Morgan fingerprint density at radius 1 is 1.54 bits per heavy atom. The van der Waals surface area contributed by atoms with Crippen molar-refractivity contribution in [2.45, 2.75) is 6.04 Å². The minimum Gasteiger partial charge on any atom is -0.515 e. The molecule has 1 saturated heterocycles. The van der Waals surface area contributed by atoms with Crippen LogP contribution in [-0.4, -0.2) is 52.4 Å². The highest BCUT2D eigenvalue weighted by molar-refractivity contribution is 14.1. The smallest absolute Gasteiger partial charge is 0.264 e. The number of halogens is 2. The van der Waals surface area contributed by atoms with Gasteiger partial charge in [0.1, 0.15) is 0 Å². The van der Waals surface area contributed by atoms with Gasteiger partial charge in [0.05, 0.1) is 22.8 Å². The van der Waals surface area contributed by atoms with Crippen LogP contribution in [0.4, 0.5) is 0 Å². The van der Waals surface area contributed by atoms with Gasteiger partial charge in [0.2, 0.25) is 5.96 Å². The van der Waals surface area contributed by atoms with Crippen LogP contribution in [0.5, 0.6) is 0 Å². The molecule has 9 heteroatoms. The van der Waals surface area contributed by atoms with Gasteiger partial charge in [-0.25, -0.2) is 4.98 Å². The molecular weight excluding hydrogens is 487 g/mol. The summed E-state index contributed by atoms with van der Waals surface area (Å²) in [7, 11) is 3.51. The highest BCUT2D eigenvalue weighted by atomic mass is 127. The molecular formula is C17H16ClIN4O2S. The number of hydrogen-bond acceptors (Lipinski definition) is 5. The Labute approximate surface area is 174 Å². The van der Waals surface area contributed by atoms with Gasteiger partial charge < -0.3 is 10.0 Å². The second-order valence-corrected chi connectivity index (χ2v) is 8.55. The molecule has 2 heterocycles. The first-order valence-corrected chi connectivity index (χ1v) is 9.96. The van der Waals surface area contributed by atoms with E-state index in [1.165, 1.54) is 11.3 Å². The average Bonchev–Trinajstić information content (AvgIpc) is 3.18. The van der Waals surface area contributed by atoms with E-state index >= 15 is 0 Å². The fourth-order valence-corrected chi connectivity index (χ4v) is 4.51. The van der Waals surface area contributed by atoms with Crippen molar-refractivity contribution in [3.63, 3.8) is 0 Å². The van der Waals surface area contributed by atoms with Crippen molar-refractivity contribution in [1.29, 1.82) is 0 Å². The van der Waals surface area contributed by atoms with Gasteiger partial charge in [-0.1, -0.05) is 23.7 Å². The van der Waals surface area contributed by atoms with Crippen LogP contribution in [0.15, 0.2) is 41.7 Å². The third-order valence-corrected chi connectivity index (χ3v) is 5.94. The van der Waals surface area contributed by atoms with E-state index in [1.807, 2.05) is 30.1 Å². The summed E-state index contributed by atoms with van der Waals surface area (Å²) in [6.07, 6.45) is 2.54. The molecule has 1 fully saturated rings. The molecule has 6 nitrogen and oxygen atoms in total. The first-order chi connectivity index (χ1) is 12.5. The molecule has 26 heavy (non-hydrogen) atoms. The van der Waals surface area contributed by atoms with Crippen molar-refractivity contribution < 1.29 is 9.90 Å². The van der Waals surface area contributed by atoms with Crippen LogP contribution in [0.2, 0.25) is 4.47 Å². The van der Waals surface area contributed by atoms with Gasteiger partial charge in [-0.15, -0.1) is 11.3 Å². The summed E-state index contributed by atoms with van der Waals surface area (Å²) in [6, 6.07) is 7.15. The van der Waals surface area contributed by atoms with Gasteiger partial charge >= 0.3 is 0 Å². The number of thiazole rings is 1. The molecule has 1 N–H and O–H groups in total. The number of benzene rings is 1. The Balaban J connectivity index is 2.03. The maximum Gasteiger partial charge on any atom is 0.264 e. The van der Waals surface area contributed by atoms with Crippen LogP contribution in [0.25, 0.3) is 5.57 Å². The van der Waals surface area contributed by atoms with Gasteiger partial charge in [0, 0.05) is 30.4 Å². The summed E-state index contributed by atoms with van der Waals surface area (Å²) in [5.41, 5.74) is 0.857. The Morgan fingerprint density at radius 3 is 2.88 bits per heavy atom. The van der Waals surface area contributed by atoms with E-state index in [0.29, 0.717) is 22.5 Å². The summed E-state index contributed by atoms with van der Waals surface area (Å²) in [4.78, 5) is 26.1. The Hall–Kier alpha value is -1.65. The van der Waals surface area contributed by atoms with Crippen LogP contribution in [0.3, 0.4) is 0 Å². The summed E-state index contributed by atoms with van der Waals surface area (Å²) in [5.74, 6) is 0.212. The molecule has 0 aliphatic carbocycles. The Kier molecular flexibility index (Phi) is 5.83. The molecule has 1 atom stereocenters. The maximum atomic E-state index is 13.3. The SMILES string of the molecule is CN=C1N(C)CC(c2cnc(Cl)s2)N1C(=O)C(=CO)c1cccc(I)c1. The number of likely N-dealkylation sites (N-methyl/N-ethyl adjacent to an activating group) is 1. The van der Waals surface area contributed by atoms with Crippen molar-refractivity contribution >= 4 is 63.0 Å².